The molecule has 2 heterocycles. The first kappa shape index (κ1) is 15.3. The molecule has 120 valence electrons. The summed E-state index contributed by atoms with van der Waals surface area (Å²) in [4.78, 5) is 16.9. The Bertz CT molecular complexity index is 489. The number of hydrogen-bond donors (Lipinski definition) is 1. The van der Waals surface area contributed by atoms with Gasteiger partial charge in [0.2, 0.25) is 0 Å². The number of nitrogens with one attached hydrogen (secondary N) is 1. The van der Waals surface area contributed by atoms with Gasteiger partial charge in [0.15, 0.2) is 0 Å². The van der Waals surface area contributed by atoms with Gasteiger partial charge in [0.25, 0.3) is 5.91 Å². The Kier molecular flexibility index (Phi) is 4.95. The van der Waals surface area contributed by atoms with Gasteiger partial charge >= 0.3 is 0 Å². The Labute approximate surface area is 132 Å². The SMILES string of the molecule is CN1CCN(c2ccc(C(=O)NC[C@H]3CCOC3)cc2)CC1. The summed E-state index contributed by atoms with van der Waals surface area (Å²) in [6.07, 6.45) is 1.04. The van der Waals surface area contributed by atoms with Crippen molar-refractivity contribution in [2.24, 2.45) is 5.92 Å². The van der Waals surface area contributed by atoms with Crippen molar-refractivity contribution in [2.75, 3.05) is 57.9 Å². The van der Waals surface area contributed by atoms with E-state index in [-0.39, 0.29) is 5.91 Å². The molecule has 0 aromatic heterocycles. The molecule has 1 aromatic carbocycles. The zero-order chi connectivity index (χ0) is 15.4. The average molecular weight is 303 g/mol. The summed E-state index contributed by atoms with van der Waals surface area (Å²) < 4.78 is 5.33. The van der Waals surface area contributed by atoms with Gasteiger partial charge in [-0.25, -0.2) is 0 Å². The van der Waals surface area contributed by atoms with E-state index in [0.717, 1.165) is 51.4 Å². The summed E-state index contributed by atoms with van der Waals surface area (Å²) in [5, 5.41) is 3.01. The van der Waals surface area contributed by atoms with Crippen molar-refractivity contribution in [3.05, 3.63) is 29.8 Å². The topological polar surface area (TPSA) is 44.8 Å². The molecule has 0 spiro atoms. The van der Waals surface area contributed by atoms with Crippen LogP contribution >= 0.6 is 0 Å². The molecule has 0 aliphatic carbocycles. The van der Waals surface area contributed by atoms with Crippen molar-refractivity contribution in [1.82, 2.24) is 10.2 Å². The molecule has 0 saturated carbocycles. The first-order valence-electron chi connectivity index (χ1n) is 8.12. The van der Waals surface area contributed by atoms with Crippen LogP contribution in [-0.2, 0) is 4.74 Å². The van der Waals surface area contributed by atoms with Crippen LogP contribution in [0.25, 0.3) is 0 Å². The third-order valence-electron chi connectivity index (χ3n) is 4.57. The van der Waals surface area contributed by atoms with Crippen molar-refractivity contribution in [3.8, 4) is 0 Å². The highest BCUT2D eigenvalue weighted by Crippen LogP contribution is 2.17. The molecular formula is C17H25N3O2. The summed E-state index contributed by atoms with van der Waals surface area (Å²) in [6.45, 7) is 6.56. The maximum atomic E-state index is 12.2. The zero-order valence-corrected chi connectivity index (χ0v) is 13.3. The third-order valence-corrected chi connectivity index (χ3v) is 4.57. The van der Waals surface area contributed by atoms with E-state index < -0.39 is 0 Å². The molecule has 1 aromatic rings. The van der Waals surface area contributed by atoms with Gasteiger partial charge < -0.3 is 19.9 Å². The van der Waals surface area contributed by atoms with Crippen LogP contribution in [0.2, 0.25) is 0 Å². The zero-order valence-electron chi connectivity index (χ0n) is 13.3. The summed E-state index contributed by atoms with van der Waals surface area (Å²) >= 11 is 0. The Hall–Kier alpha value is -1.59. The number of nitrogens with zero attached hydrogens (tertiary/aromatic N) is 2. The fourth-order valence-corrected chi connectivity index (χ4v) is 2.97. The van der Waals surface area contributed by atoms with Crippen molar-refractivity contribution < 1.29 is 9.53 Å². The van der Waals surface area contributed by atoms with E-state index in [4.69, 9.17) is 4.74 Å². The van der Waals surface area contributed by atoms with Crippen LogP contribution in [0.15, 0.2) is 24.3 Å². The Morgan fingerprint density at radius 3 is 2.59 bits per heavy atom. The number of amides is 1. The second kappa shape index (κ2) is 7.11. The molecule has 2 aliphatic rings. The maximum Gasteiger partial charge on any atom is 0.251 e. The lowest BCUT2D eigenvalue weighted by atomic mass is 10.1. The van der Waals surface area contributed by atoms with Gasteiger partial charge in [0, 0.05) is 56.5 Å². The number of benzene rings is 1. The molecule has 1 amide bonds. The molecule has 2 fully saturated rings. The number of carbonyl (C=O) groups is 1. The highest BCUT2D eigenvalue weighted by atomic mass is 16.5. The predicted octanol–water partition coefficient (Wildman–Crippen LogP) is 1.20. The van der Waals surface area contributed by atoms with Gasteiger partial charge in [-0.05, 0) is 37.7 Å². The van der Waals surface area contributed by atoms with Crippen LogP contribution in [-0.4, -0.2) is 63.8 Å². The lowest BCUT2D eigenvalue weighted by Gasteiger charge is -2.34. The Morgan fingerprint density at radius 2 is 1.95 bits per heavy atom. The standard InChI is InChI=1S/C17H25N3O2/c1-19-7-9-20(10-8-19)16-4-2-15(3-5-16)17(21)18-12-14-6-11-22-13-14/h2-5,14H,6-13H2,1H3,(H,18,21)/t14-/m1/s1. The van der Waals surface area contributed by atoms with Gasteiger partial charge in [0.1, 0.15) is 0 Å². The summed E-state index contributed by atoms with van der Waals surface area (Å²) in [5.41, 5.74) is 1.94. The molecule has 0 radical (unpaired) electrons. The normalized spacial score (nSPS) is 22.8. The summed E-state index contributed by atoms with van der Waals surface area (Å²) in [7, 11) is 2.15. The molecule has 5 nitrogen and oxygen atoms in total. The van der Waals surface area contributed by atoms with Gasteiger partial charge in [-0.2, -0.15) is 0 Å². The minimum Gasteiger partial charge on any atom is -0.381 e. The largest absolute Gasteiger partial charge is 0.381 e. The molecule has 3 rings (SSSR count). The molecule has 2 aliphatic heterocycles. The highest BCUT2D eigenvalue weighted by Gasteiger charge is 2.17. The number of rotatable bonds is 4. The van der Waals surface area contributed by atoms with Crippen molar-refractivity contribution in [1.29, 1.82) is 0 Å². The fourth-order valence-electron chi connectivity index (χ4n) is 2.97. The molecule has 0 unspecified atom stereocenters. The molecule has 22 heavy (non-hydrogen) atoms. The lowest BCUT2D eigenvalue weighted by Crippen LogP contribution is -2.44. The number of ether oxygens (including phenoxy) is 1. The van der Waals surface area contributed by atoms with Crippen molar-refractivity contribution >= 4 is 11.6 Å². The van der Waals surface area contributed by atoms with Gasteiger partial charge in [-0.1, -0.05) is 0 Å². The van der Waals surface area contributed by atoms with E-state index in [1.165, 1.54) is 5.69 Å². The van der Waals surface area contributed by atoms with Crippen LogP contribution < -0.4 is 10.2 Å². The van der Waals surface area contributed by atoms with Gasteiger partial charge in [0.05, 0.1) is 6.61 Å². The predicted molar refractivity (Wildman–Crippen MR) is 87.4 cm³/mol. The van der Waals surface area contributed by atoms with E-state index in [1.54, 1.807) is 0 Å². The molecule has 1 N–H and O–H groups in total. The van der Waals surface area contributed by atoms with Crippen LogP contribution in [0, 0.1) is 5.92 Å². The van der Waals surface area contributed by atoms with Crippen LogP contribution in [0.3, 0.4) is 0 Å². The molecular weight excluding hydrogens is 278 g/mol. The summed E-state index contributed by atoms with van der Waals surface area (Å²) in [5.74, 6) is 0.477. The Balaban J connectivity index is 1.53. The average Bonchev–Trinajstić information content (AvgIpc) is 3.07. The number of hydrogen-bond acceptors (Lipinski definition) is 4. The van der Waals surface area contributed by atoms with Gasteiger partial charge in [-0.3, -0.25) is 4.79 Å². The molecule has 0 bridgehead atoms. The smallest absolute Gasteiger partial charge is 0.251 e. The van der Waals surface area contributed by atoms with Crippen LogP contribution in [0.5, 0.6) is 0 Å². The quantitative estimate of drug-likeness (QED) is 0.908. The molecule has 2 saturated heterocycles. The van der Waals surface area contributed by atoms with Crippen LogP contribution in [0.1, 0.15) is 16.8 Å². The fraction of sp³-hybridized carbons (Fsp3) is 0.588. The monoisotopic (exact) mass is 303 g/mol. The number of carbonyl (C=O) groups excluding carboxylic acids is 1. The summed E-state index contributed by atoms with van der Waals surface area (Å²) in [6, 6.07) is 7.96. The van der Waals surface area contributed by atoms with E-state index in [1.807, 2.05) is 12.1 Å². The maximum absolute atomic E-state index is 12.2. The number of anilines is 1. The van der Waals surface area contributed by atoms with E-state index in [2.05, 4.69) is 34.3 Å². The van der Waals surface area contributed by atoms with Crippen LogP contribution in [0.4, 0.5) is 5.69 Å². The minimum atomic E-state index is 0.0110. The lowest BCUT2D eigenvalue weighted by molar-refractivity contribution is 0.0945. The first-order valence-corrected chi connectivity index (χ1v) is 8.12. The van der Waals surface area contributed by atoms with Crippen molar-refractivity contribution in [2.45, 2.75) is 6.42 Å². The van der Waals surface area contributed by atoms with E-state index in [9.17, 15) is 4.79 Å². The van der Waals surface area contributed by atoms with E-state index >= 15 is 0 Å². The second-order valence-corrected chi connectivity index (χ2v) is 6.28. The second-order valence-electron chi connectivity index (χ2n) is 6.28. The number of piperazine rings is 1. The third kappa shape index (κ3) is 3.78. The van der Waals surface area contributed by atoms with Gasteiger partial charge in [-0.15, -0.1) is 0 Å². The number of likely N-dealkylation sites (N-methyl/N-ethyl adjacent to an activating group) is 1. The highest BCUT2D eigenvalue weighted by molar-refractivity contribution is 5.94. The minimum absolute atomic E-state index is 0.0110. The first-order chi connectivity index (χ1) is 10.7. The Morgan fingerprint density at radius 1 is 1.23 bits per heavy atom. The molecule has 1 atom stereocenters. The van der Waals surface area contributed by atoms with Crippen molar-refractivity contribution in [3.63, 3.8) is 0 Å². The van der Waals surface area contributed by atoms with E-state index in [0.29, 0.717) is 12.5 Å². The molecule has 5 heteroatoms.